The van der Waals surface area contributed by atoms with Gasteiger partial charge in [-0.25, -0.2) is 0 Å². The Morgan fingerprint density at radius 1 is 1.00 bits per heavy atom. The molecule has 0 radical (unpaired) electrons. The van der Waals surface area contributed by atoms with E-state index in [0.29, 0.717) is 5.41 Å². The van der Waals surface area contributed by atoms with Crippen LogP contribution in [0.4, 0.5) is 0 Å². The van der Waals surface area contributed by atoms with Gasteiger partial charge in [-0.2, -0.15) is 0 Å². The van der Waals surface area contributed by atoms with Crippen LogP contribution in [-0.4, -0.2) is 54.4 Å². The van der Waals surface area contributed by atoms with E-state index in [1.807, 2.05) is 0 Å². The van der Waals surface area contributed by atoms with Gasteiger partial charge in [-0.3, -0.25) is 0 Å². The molecule has 0 spiro atoms. The lowest BCUT2D eigenvalue weighted by Gasteiger charge is -2.39. The van der Waals surface area contributed by atoms with E-state index in [-0.39, 0.29) is 0 Å². The largest absolute Gasteiger partial charge is 0.301 e. The third-order valence-electron chi connectivity index (χ3n) is 4.42. The normalized spacial score (nSPS) is 27.4. The standard InChI is InChI=1S/C13H25BrN2/c1-2-15-7-9-16(10-8-15)12-13(11-14)5-3-4-6-13/h2-12H2,1H3. The molecule has 0 aromatic heterocycles. The van der Waals surface area contributed by atoms with Crippen molar-refractivity contribution in [3.63, 3.8) is 0 Å². The predicted molar refractivity (Wildman–Crippen MR) is 73.2 cm³/mol. The van der Waals surface area contributed by atoms with Crippen molar-refractivity contribution in [2.45, 2.75) is 32.6 Å². The zero-order chi connectivity index (χ0) is 11.4. The smallest absolute Gasteiger partial charge is 0.0110 e. The summed E-state index contributed by atoms with van der Waals surface area (Å²) in [5.74, 6) is 0. The molecule has 1 heterocycles. The van der Waals surface area contributed by atoms with E-state index >= 15 is 0 Å². The first-order valence-corrected chi connectivity index (χ1v) is 7.91. The van der Waals surface area contributed by atoms with Gasteiger partial charge in [0.15, 0.2) is 0 Å². The maximum absolute atomic E-state index is 3.75. The van der Waals surface area contributed by atoms with Crippen LogP contribution in [0.3, 0.4) is 0 Å². The van der Waals surface area contributed by atoms with Crippen molar-refractivity contribution >= 4 is 15.9 Å². The van der Waals surface area contributed by atoms with Gasteiger partial charge in [-0.05, 0) is 24.8 Å². The molecule has 2 fully saturated rings. The Bertz CT molecular complexity index is 206. The average molecular weight is 289 g/mol. The second-order valence-electron chi connectivity index (χ2n) is 5.55. The molecule has 0 amide bonds. The maximum Gasteiger partial charge on any atom is 0.0110 e. The predicted octanol–water partition coefficient (Wildman–Crippen LogP) is 2.58. The Morgan fingerprint density at radius 3 is 2.06 bits per heavy atom. The van der Waals surface area contributed by atoms with Crippen molar-refractivity contribution in [3.8, 4) is 0 Å². The van der Waals surface area contributed by atoms with Crippen molar-refractivity contribution in [1.82, 2.24) is 9.80 Å². The van der Waals surface area contributed by atoms with E-state index in [1.54, 1.807) is 0 Å². The summed E-state index contributed by atoms with van der Waals surface area (Å²) in [5, 5.41) is 1.20. The van der Waals surface area contributed by atoms with Gasteiger partial charge in [0.25, 0.3) is 0 Å². The zero-order valence-electron chi connectivity index (χ0n) is 10.6. The molecule has 16 heavy (non-hydrogen) atoms. The Balaban J connectivity index is 1.81. The van der Waals surface area contributed by atoms with E-state index in [1.165, 1.54) is 70.3 Å². The zero-order valence-corrected chi connectivity index (χ0v) is 12.1. The highest BCUT2D eigenvalue weighted by atomic mass is 79.9. The summed E-state index contributed by atoms with van der Waals surface area (Å²) in [7, 11) is 0. The van der Waals surface area contributed by atoms with Gasteiger partial charge in [0.05, 0.1) is 0 Å². The van der Waals surface area contributed by atoms with Gasteiger partial charge in [0.1, 0.15) is 0 Å². The Labute approximate surface area is 108 Å². The first-order chi connectivity index (χ1) is 7.78. The molecule has 0 bridgehead atoms. The molecule has 0 N–H and O–H groups in total. The molecule has 94 valence electrons. The summed E-state index contributed by atoms with van der Waals surface area (Å²) < 4.78 is 0. The molecule has 3 heteroatoms. The van der Waals surface area contributed by atoms with Crippen LogP contribution < -0.4 is 0 Å². The van der Waals surface area contributed by atoms with Crippen LogP contribution in [0, 0.1) is 5.41 Å². The minimum absolute atomic E-state index is 0.606. The van der Waals surface area contributed by atoms with Gasteiger partial charge in [0, 0.05) is 38.1 Å². The lowest BCUT2D eigenvalue weighted by molar-refractivity contribution is 0.0978. The van der Waals surface area contributed by atoms with Crippen molar-refractivity contribution in [3.05, 3.63) is 0 Å². The Morgan fingerprint density at radius 2 is 1.56 bits per heavy atom. The monoisotopic (exact) mass is 288 g/mol. The van der Waals surface area contributed by atoms with E-state index in [4.69, 9.17) is 0 Å². The number of likely N-dealkylation sites (N-methyl/N-ethyl adjacent to an activating group) is 1. The second kappa shape index (κ2) is 5.83. The lowest BCUT2D eigenvalue weighted by Crippen LogP contribution is -2.49. The highest BCUT2D eigenvalue weighted by Crippen LogP contribution is 2.40. The number of hydrogen-bond donors (Lipinski definition) is 0. The molecule has 0 unspecified atom stereocenters. The number of rotatable bonds is 4. The van der Waals surface area contributed by atoms with E-state index in [2.05, 4.69) is 32.7 Å². The maximum atomic E-state index is 3.75. The fourth-order valence-electron chi connectivity index (χ4n) is 3.20. The molecule has 1 saturated carbocycles. The Kier molecular flexibility index (Phi) is 4.68. The fraction of sp³-hybridized carbons (Fsp3) is 1.00. The summed E-state index contributed by atoms with van der Waals surface area (Å²) in [4.78, 5) is 5.25. The van der Waals surface area contributed by atoms with E-state index in [9.17, 15) is 0 Å². The number of nitrogens with zero attached hydrogens (tertiary/aromatic N) is 2. The number of alkyl halides is 1. The molecule has 1 saturated heterocycles. The Hall–Kier alpha value is 0.400. The molecule has 2 nitrogen and oxygen atoms in total. The van der Waals surface area contributed by atoms with Crippen LogP contribution in [0.25, 0.3) is 0 Å². The summed E-state index contributed by atoms with van der Waals surface area (Å²) in [5.41, 5.74) is 0.606. The van der Waals surface area contributed by atoms with Crippen LogP contribution in [-0.2, 0) is 0 Å². The van der Waals surface area contributed by atoms with Crippen LogP contribution in [0.2, 0.25) is 0 Å². The molecule has 1 aliphatic heterocycles. The van der Waals surface area contributed by atoms with Crippen molar-refractivity contribution < 1.29 is 0 Å². The first kappa shape index (κ1) is 12.8. The second-order valence-corrected chi connectivity index (χ2v) is 6.11. The number of hydrogen-bond acceptors (Lipinski definition) is 2. The molecule has 0 aromatic rings. The van der Waals surface area contributed by atoms with Crippen molar-refractivity contribution in [2.24, 2.45) is 5.41 Å². The van der Waals surface area contributed by atoms with Gasteiger partial charge in [-0.15, -0.1) is 0 Å². The van der Waals surface area contributed by atoms with Crippen LogP contribution in [0.15, 0.2) is 0 Å². The topological polar surface area (TPSA) is 6.48 Å². The van der Waals surface area contributed by atoms with Gasteiger partial charge in [0.2, 0.25) is 0 Å². The highest BCUT2D eigenvalue weighted by molar-refractivity contribution is 9.09. The minimum atomic E-state index is 0.606. The molecule has 2 aliphatic rings. The third-order valence-corrected chi connectivity index (χ3v) is 5.61. The SMILES string of the molecule is CCN1CCN(CC2(CBr)CCCC2)CC1. The number of piperazine rings is 1. The first-order valence-electron chi connectivity index (χ1n) is 6.79. The molecular formula is C13H25BrN2. The summed E-state index contributed by atoms with van der Waals surface area (Å²) in [6.45, 7) is 9.93. The summed E-state index contributed by atoms with van der Waals surface area (Å²) in [6.07, 6.45) is 5.76. The van der Waals surface area contributed by atoms with E-state index < -0.39 is 0 Å². The minimum Gasteiger partial charge on any atom is -0.301 e. The highest BCUT2D eigenvalue weighted by Gasteiger charge is 2.35. The van der Waals surface area contributed by atoms with Gasteiger partial charge < -0.3 is 9.80 Å². The average Bonchev–Trinajstić information content (AvgIpc) is 2.79. The van der Waals surface area contributed by atoms with Crippen molar-refractivity contribution in [2.75, 3.05) is 44.6 Å². The molecule has 1 aliphatic carbocycles. The fourth-order valence-corrected chi connectivity index (χ4v) is 3.94. The third kappa shape index (κ3) is 2.99. The lowest BCUT2D eigenvalue weighted by atomic mass is 9.88. The molecule has 0 atom stereocenters. The van der Waals surface area contributed by atoms with Gasteiger partial charge in [-0.1, -0.05) is 35.7 Å². The number of halogens is 1. The van der Waals surface area contributed by atoms with Crippen LogP contribution >= 0.6 is 15.9 Å². The molecule has 2 rings (SSSR count). The molecule has 0 aromatic carbocycles. The van der Waals surface area contributed by atoms with Crippen LogP contribution in [0.1, 0.15) is 32.6 Å². The van der Waals surface area contributed by atoms with E-state index in [0.717, 1.165) is 0 Å². The summed E-state index contributed by atoms with van der Waals surface area (Å²) in [6, 6.07) is 0. The van der Waals surface area contributed by atoms with Gasteiger partial charge >= 0.3 is 0 Å². The van der Waals surface area contributed by atoms with Crippen molar-refractivity contribution in [1.29, 1.82) is 0 Å². The molecular weight excluding hydrogens is 264 g/mol. The quantitative estimate of drug-likeness (QED) is 0.734. The summed E-state index contributed by atoms with van der Waals surface area (Å²) >= 11 is 3.75. The van der Waals surface area contributed by atoms with Crippen LogP contribution in [0.5, 0.6) is 0 Å².